The van der Waals surface area contributed by atoms with E-state index in [9.17, 15) is 0 Å². The van der Waals surface area contributed by atoms with Crippen LogP contribution in [0.15, 0.2) is 97.1 Å². The van der Waals surface area contributed by atoms with Crippen LogP contribution in [0.4, 0.5) is 10.1 Å². The first-order valence-corrected chi connectivity index (χ1v) is 14.8. The molecule has 2 aliphatic rings. The number of piperidine rings is 1. The molecule has 0 atom stereocenters. The van der Waals surface area contributed by atoms with Gasteiger partial charge in [-0.25, -0.2) is 4.39 Å². The van der Waals surface area contributed by atoms with Gasteiger partial charge in [0.05, 0.1) is 5.69 Å². The molecule has 4 nitrogen and oxygen atoms in total. The fourth-order valence-corrected chi connectivity index (χ4v) is 6.47. The third-order valence-corrected chi connectivity index (χ3v) is 8.63. The monoisotopic (exact) mass is 563 g/mol. The number of ether oxygens (including phenoxy) is 3. The number of anilines is 1. The molecule has 0 unspecified atom stereocenters. The Morgan fingerprint density at radius 3 is 2.19 bits per heavy atom. The average Bonchev–Trinajstić information content (AvgIpc) is 3.05. The van der Waals surface area contributed by atoms with E-state index in [-0.39, 0.29) is 12.1 Å². The summed E-state index contributed by atoms with van der Waals surface area (Å²) in [5.74, 6) is 0.988. The molecule has 1 aliphatic heterocycles. The van der Waals surface area contributed by atoms with Crippen molar-refractivity contribution in [2.75, 3.05) is 32.2 Å². The molecule has 0 saturated carbocycles. The van der Waals surface area contributed by atoms with Crippen LogP contribution >= 0.6 is 0 Å². The Balaban J connectivity index is 1.30. The maximum Gasteiger partial charge on any atom is 0.159 e. The predicted octanol–water partition coefficient (Wildman–Crippen LogP) is 8.15. The Morgan fingerprint density at radius 2 is 1.50 bits per heavy atom. The number of benzene rings is 4. The van der Waals surface area contributed by atoms with E-state index in [1.165, 1.54) is 16.7 Å². The summed E-state index contributed by atoms with van der Waals surface area (Å²) in [7, 11) is 3.36. The van der Waals surface area contributed by atoms with Gasteiger partial charge in [0.15, 0.2) is 6.29 Å². The Hall–Kier alpha value is -3.93. The first kappa shape index (κ1) is 28.2. The number of rotatable bonds is 9. The van der Waals surface area contributed by atoms with Crippen LogP contribution in [0, 0.1) is 11.7 Å². The maximum absolute atomic E-state index is 15.9. The van der Waals surface area contributed by atoms with Gasteiger partial charge in [-0.15, -0.1) is 0 Å². The minimum Gasteiger partial charge on any atom is -0.489 e. The second kappa shape index (κ2) is 12.9. The molecule has 0 spiro atoms. The Bertz CT molecular complexity index is 1520. The Labute approximate surface area is 248 Å². The van der Waals surface area contributed by atoms with Crippen molar-refractivity contribution in [3.8, 4) is 5.75 Å². The number of methoxy groups -OCH3 is 2. The van der Waals surface area contributed by atoms with Gasteiger partial charge in [0.1, 0.15) is 18.2 Å². The van der Waals surface area contributed by atoms with E-state index in [2.05, 4.69) is 59.5 Å². The number of halogens is 1. The van der Waals surface area contributed by atoms with Gasteiger partial charge in [0, 0.05) is 33.2 Å². The van der Waals surface area contributed by atoms with Crippen LogP contribution in [-0.2, 0) is 22.5 Å². The van der Waals surface area contributed by atoms with Gasteiger partial charge in [-0.05, 0) is 88.9 Å². The highest BCUT2D eigenvalue weighted by Gasteiger charge is 2.28. The molecule has 1 aliphatic carbocycles. The van der Waals surface area contributed by atoms with Crippen molar-refractivity contribution >= 4 is 16.8 Å². The van der Waals surface area contributed by atoms with Crippen LogP contribution in [-0.4, -0.2) is 33.6 Å². The number of hydrogen-bond acceptors (Lipinski definition) is 4. The van der Waals surface area contributed by atoms with E-state index in [0.717, 1.165) is 66.8 Å². The van der Waals surface area contributed by atoms with Crippen molar-refractivity contribution in [1.29, 1.82) is 0 Å². The van der Waals surface area contributed by atoms with Gasteiger partial charge in [-0.3, -0.25) is 0 Å². The zero-order valence-electron chi connectivity index (χ0n) is 24.4. The molecular weight excluding hydrogens is 525 g/mol. The van der Waals surface area contributed by atoms with Gasteiger partial charge < -0.3 is 19.1 Å². The number of aryl methyl sites for hydroxylation is 1. The third kappa shape index (κ3) is 5.99. The lowest BCUT2D eigenvalue weighted by Gasteiger charge is -2.36. The quantitative estimate of drug-likeness (QED) is 0.192. The predicted molar refractivity (Wildman–Crippen MR) is 167 cm³/mol. The first-order valence-electron chi connectivity index (χ1n) is 14.8. The minimum absolute atomic E-state index is 0.184. The fraction of sp³-hybridized carbons (Fsp3) is 0.297. The molecule has 5 heteroatoms. The van der Waals surface area contributed by atoms with Crippen LogP contribution in [0.3, 0.4) is 0 Å². The molecule has 0 bridgehead atoms. The smallest absolute Gasteiger partial charge is 0.159 e. The molecule has 0 N–H and O–H groups in total. The second-order valence-electron chi connectivity index (χ2n) is 11.1. The van der Waals surface area contributed by atoms with Crippen molar-refractivity contribution in [2.45, 2.75) is 38.6 Å². The lowest BCUT2D eigenvalue weighted by atomic mass is 9.79. The molecule has 216 valence electrons. The molecule has 6 rings (SSSR count). The summed E-state index contributed by atoms with van der Waals surface area (Å²) in [5.41, 5.74) is 8.61. The SMILES string of the molecule is COC(OC)C1CCN(c2ccc(C3=C(c4ccccc4)CCc4cc(OCc5ccccc5)ccc43)cc2F)CC1. The summed E-state index contributed by atoms with van der Waals surface area (Å²) < 4.78 is 33.0. The van der Waals surface area contributed by atoms with Crippen LogP contribution in [0.5, 0.6) is 5.75 Å². The van der Waals surface area contributed by atoms with Gasteiger partial charge >= 0.3 is 0 Å². The summed E-state index contributed by atoms with van der Waals surface area (Å²) >= 11 is 0. The van der Waals surface area contributed by atoms with Gasteiger partial charge in [-0.1, -0.05) is 72.8 Å². The molecule has 1 heterocycles. The zero-order chi connectivity index (χ0) is 28.9. The standard InChI is InChI=1S/C37H38FNO3/c1-40-37(41-2)28-19-21-39(22-20-28)35-18-14-30(24-34(35)38)36-32(27-11-7-4-8-12-27)16-13-29-23-31(15-17-33(29)36)42-25-26-9-5-3-6-10-26/h3-12,14-15,17-18,23-24,28,37H,13,16,19-22,25H2,1-2H3. The number of allylic oxidation sites excluding steroid dienone is 1. The fourth-order valence-electron chi connectivity index (χ4n) is 6.47. The molecule has 0 amide bonds. The summed E-state index contributed by atoms with van der Waals surface area (Å²) in [6.45, 7) is 2.08. The number of nitrogens with zero attached hydrogens (tertiary/aromatic N) is 1. The molecule has 4 aromatic rings. The molecule has 0 aromatic heterocycles. The summed E-state index contributed by atoms with van der Waals surface area (Å²) in [4.78, 5) is 2.15. The van der Waals surface area contributed by atoms with Gasteiger partial charge in [0.25, 0.3) is 0 Å². The number of fused-ring (bicyclic) bond motifs is 1. The van der Waals surface area contributed by atoms with Gasteiger partial charge in [-0.2, -0.15) is 0 Å². The second-order valence-corrected chi connectivity index (χ2v) is 11.1. The molecule has 4 aromatic carbocycles. The van der Waals surface area contributed by atoms with Crippen LogP contribution < -0.4 is 9.64 Å². The Morgan fingerprint density at radius 1 is 0.786 bits per heavy atom. The largest absolute Gasteiger partial charge is 0.489 e. The maximum atomic E-state index is 15.9. The van der Waals surface area contributed by atoms with Crippen molar-refractivity contribution in [3.05, 3.63) is 131 Å². The van der Waals surface area contributed by atoms with E-state index in [1.54, 1.807) is 20.3 Å². The van der Waals surface area contributed by atoms with Crippen molar-refractivity contribution in [2.24, 2.45) is 5.92 Å². The van der Waals surface area contributed by atoms with Gasteiger partial charge in [0.2, 0.25) is 0 Å². The van der Waals surface area contributed by atoms with E-state index in [0.29, 0.717) is 18.2 Å². The van der Waals surface area contributed by atoms with Crippen molar-refractivity contribution < 1.29 is 18.6 Å². The summed E-state index contributed by atoms with van der Waals surface area (Å²) in [6.07, 6.45) is 3.38. The zero-order valence-corrected chi connectivity index (χ0v) is 24.4. The van der Waals surface area contributed by atoms with Crippen LogP contribution in [0.25, 0.3) is 11.1 Å². The van der Waals surface area contributed by atoms with E-state index < -0.39 is 0 Å². The normalized spacial score (nSPS) is 15.7. The van der Waals surface area contributed by atoms with Crippen LogP contribution in [0.2, 0.25) is 0 Å². The first-order chi connectivity index (χ1) is 20.6. The summed E-state index contributed by atoms with van der Waals surface area (Å²) in [6, 6.07) is 32.8. The van der Waals surface area contributed by atoms with Crippen molar-refractivity contribution in [3.63, 3.8) is 0 Å². The lowest BCUT2D eigenvalue weighted by Crippen LogP contribution is -2.39. The highest BCUT2D eigenvalue weighted by atomic mass is 19.1. The van der Waals surface area contributed by atoms with E-state index >= 15 is 4.39 Å². The topological polar surface area (TPSA) is 30.9 Å². The molecule has 0 radical (unpaired) electrons. The molecule has 1 saturated heterocycles. The minimum atomic E-state index is -0.210. The van der Waals surface area contributed by atoms with Crippen molar-refractivity contribution in [1.82, 2.24) is 0 Å². The van der Waals surface area contributed by atoms with E-state index in [1.807, 2.05) is 36.4 Å². The highest BCUT2D eigenvalue weighted by Crippen LogP contribution is 2.43. The highest BCUT2D eigenvalue weighted by molar-refractivity contribution is 6.01. The lowest BCUT2D eigenvalue weighted by molar-refractivity contribution is -0.141. The average molecular weight is 564 g/mol. The molecule has 1 fully saturated rings. The summed E-state index contributed by atoms with van der Waals surface area (Å²) in [5, 5.41) is 0. The third-order valence-electron chi connectivity index (χ3n) is 8.63. The number of hydrogen-bond donors (Lipinski definition) is 0. The van der Waals surface area contributed by atoms with Crippen LogP contribution in [0.1, 0.15) is 47.1 Å². The Kier molecular flexibility index (Phi) is 8.68. The van der Waals surface area contributed by atoms with E-state index in [4.69, 9.17) is 14.2 Å². The molecular formula is C37H38FNO3. The molecule has 42 heavy (non-hydrogen) atoms.